The van der Waals surface area contributed by atoms with Crippen molar-refractivity contribution in [1.29, 1.82) is 0 Å². The van der Waals surface area contributed by atoms with Crippen molar-refractivity contribution >= 4 is 21.6 Å². The van der Waals surface area contributed by atoms with Crippen LogP contribution in [-0.4, -0.2) is 73.6 Å². The summed E-state index contributed by atoms with van der Waals surface area (Å²) in [5.41, 5.74) is 0.365. The maximum Gasteiger partial charge on any atom is 0.243 e. The molecule has 0 unspecified atom stereocenters. The third-order valence-corrected chi connectivity index (χ3v) is 7.36. The van der Waals surface area contributed by atoms with Gasteiger partial charge < -0.3 is 15.2 Å². The molecule has 9 heteroatoms. The third kappa shape index (κ3) is 5.94. The first-order chi connectivity index (χ1) is 14.3. The first-order valence-corrected chi connectivity index (χ1v) is 12.2. The summed E-state index contributed by atoms with van der Waals surface area (Å²) in [6.07, 6.45) is 3.66. The van der Waals surface area contributed by atoms with Crippen molar-refractivity contribution in [3.63, 3.8) is 0 Å². The average molecular weight is 440 g/mol. The monoisotopic (exact) mass is 439 g/mol. The number of benzene rings is 1. The van der Waals surface area contributed by atoms with Crippen molar-refractivity contribution in [2.24, 2.45) is 0 Å². The van der Waals surface area contributed by atoms with Crippen molar-refractivity contribution in [1.82, 2.24) is 9.21 Å². The molecule has 2 aliphatic rings. The van der Waals surface area contributed by atoms with Crippen LogP contribution >= 0.6 is 0 Å². The largest absolute Gasteiger partial charge is 0.489 e. The molecule has 30 heavy (non-hydrogen) atoms. The quantitative estimate of drug-likeness (QED) is 0.675. The number of nitrogens with zero attached hydrogens (tertiary/aromatic N) is 2. The van der Waals surface area contributed by atoms with E-state index in [4.69, 9.17) is 4.74 Å². The molecule has 2 aliphatic heterocycles. The number of carbonyl (C=O) groups is 1. The van der Waals surface area contributed by atoms with Crippen LogP contribution in [0.1, 0.15) is 46.0 Å². The molecule has 0 saturated carbocycles. The van der Waals surface area contributed by atoms with Gasteiger partial charge in [0.05, 0.1) is 29.3 Å². The Bertz CT molecular complexity index is 829. The smallest absolute Gasteiger partial charge is 0.243 e. The van der Waals surface area contributed by atoms with Crippen LogP contribution in [-0.2, 0) is 14.8 Å². The van der Waals surface area contributed by atoms with Crippen molar-refractivity contribution in [3.8, 4) is 5.75 Å². The Kier molecular flexibility index (Phi) is 7.73. The van der Waals surface area contributed by atoms with E-state index in [1.54, 1.807) is 12.1 Å². The number of ether oxygens (including phenoxy) is 1. The standard InChI is InChI=1S/C21H33N3O5S/c1-16(2)29-20-7-6-18(30(27,28)24-10-4-3-5-11-24)14-19(20)22-21(26)15-23-12-8-17(25)9-13-23/h6-7,14,16-17,25H,3-5,8-13,15H2,1-2H3,(H,22,26). The molecular formula is C21H33N3O5S. The fourth-order valence-corrected chi connectivity index (χ4v) is 5.39. The van der Waals surface area contributed by atoms with Gasteiger partial charge in [0, 0.05) is 26.2 Å². The number of anilines is 1. The lowest BCUT2D eigenvalue weighted by Gasteiger charge is -2.29. The second-order valence-corrected chi connectivity index (χ2v) is 10.3. The second-order valence-electron chi connectivity index (χ2n) is 8.34. The van der Waals surface area contributed by atoms with E-state index in [0.29, 0.717) is 50.5 Å². The van der Waals surface area contributed by atoms with E-state index in [1.807, 2.05) is 18.7 Å². The fourth-order valence-electron chi connectivity index (χ4n) is 3.85. The highest BCUT2D eigenvalue weighted by molar-refractivity contribution is 7.89. The first kappa shape index (κ1) is 23.0. The Morgan fingerprint density at radius 3 is 2.47 bits per heavy atom. The molecule has 2 heterocycles. The normalized spacial score (nSPS) is 19.7. The van der Waals surface area contributed by atoms with E-state index < -0.39 is 10.0 Å². The number of aliphatic hydroxyl groups excluding tert-OH is 1. The highest BCUT2D eigenvalue weighted by Gasteiger charge is 2.27. The molecule has 1 aromatic carbocycles. The summed E-state index contributed by atoms with van der Waals surface area (Å²) in [5, 5.41) is 12.5. The Labute approximate surface area is 179 Å². The number of amides is 1. The Balaban J connectivity index is 1.78. The Morgan fingerprint density at radius 1 is 1.17 bits per heavy atom. The number of hydrogen-bond donors (Lipinski definition) is 2. The highest BCUT2D eigenvalue weighted by atomic mass is 32.2. The van der Waals surface area contributed by atoms with Gasteiger partial charge in [0.2, 0.25) is 15.9 Å². The van der Waals surface area contributed by atoms with Crippen LogP contribution < -0.4 is 10.1 Å². The van der Waals surface area contributed by atoms with Gasteiger partial charge in [-0.1, -0.05) is 6.42 Å². The van der Waals surface area contributed by atoms with Gasteiger partial charge in [-0.2, -0.15) is 4.31 Å². The zero-order chi connectivity index (χ0) is 21.7. The Morgan fingerprint density at radius 2 is 1.83 bits per heavy atom. The van der Waals surface area contributed by atoms with Crippen LogP contribution in [0.2, 0.25) is 0 Å². The molecule has 3 rings (SSSR count). The predicted octanol–water partition coefficient (Wildman–Crippen LogP) is 2.04. The number of likely N-dealkylation sites (tertiary alicyclic amines) is 1. The van der Waals surface area contributed by atoms with Gasteiger partial charge >= 0.3 is 0 Å². The summed E-state index contributed by atoms with van der Waals surface area (Å²) in [6, 6.07) is 4.66. The number of rotatable bonds is 7. The van der Waals surface area contributed by atoms with E-state index in [1.165, 1.54) is 10.4 Å². The number of hydrogen-bond acceptors (Lipinski definition) is 6. The molecule has 2 fully saturated rings. The molecular weight excluding hydrogens is 406 g/mol. The van der Waals surface area contributed by atoms with Crippen LogP contribution in [0.4, 0.5) is 5.69 Å². The van der Waals surface area contributed by atoms with Crippen LogP contribution in [0.5, 0.6) is 5.75 Å². The van der Waals surface area contributed by atoms with E-state index in [-0.39, 0.29) is 29.6 Å². The van der Waals surface area contributed by atoms with Gasteiger partial charge in [-0.05, 0) is 57.7 Å². The Hall–Kier alpha value is -1.68. The summed E-state index contributed by atoms with van der Waals surface area (Å²) >= 11 is 0. The van der Waals surface area contributed by atoms with Crippen LogP contribution in [0.3, 0.4) is 0 Å². The second kappa shape index (κ2) is 10.1. The average Bonchev–Trinajstić information content (AvgIpc) is 2.71. The number of sulfonamides is 1. The van der Waals surface area contributed by atoms with Crippen molar-refractivity contribution in [2.45, 2.75) is 63.1 Å². The lowest BCUT2D eigenvalue weighted by atomic mass is 10.1. The summed E-state index contributed by atoms with van der Waals surface area (Å²) in [5.74, 6) is 0.220. The minimum absolute atomic E-state index is 0.117. The molecule has 0 bridgehead atoms. The zero-order valence-corrected chi connectivity index (χ0v) is 18.7. The molecule has 2 saturated heterocycles. The van der Waals surface area contributed by atoms with Gasteiger partial charge in [0.25, 0.3) is 0 Å². The summed E-state index contributed by atoms with van der Waals surface area (Å²) < 4.78 is 33.4. The maximum atomic E-state index is 13.0. The highest BCUT2D eigenvalue weighted by Crippen LogP contribution is 2.31. The molecule has 168 valence electrons. The number of piperidine rings is 2. The van der Waals surface area contributed by atoms with E-state index in [9.17, 15) is 18.3 Å². The van der Waals surface area contributed by atoms with Gasteiger partial charge in [-0.3, -0.25) is 9.69 Å². The van der Waals surface area contributed by atoms with Gasteiger partial charge in [0.15, 0.2) is 0 Å². The fraction of sp³-hybridized carbons (Fsp3) is 0.667. The number of carbonyl (C=O) groups excluding carboxylic acids is 1. The predicted molar refractivity (Wildman–Crippen MR) is 115 cm³/mol. The third-order valence-electron chi connectivity index (χ3n) is 5.46. The van der Waals surface area contributed by atoms with Crippen molar-refractivity contribution < 1.29 is 23.1 Å². The van der Waals surface area contributed by atoms with E-state index >= 15 is 0 Å². The van der Waals surface area contributed by atoms with E-state index in [0.717, 1.165) is 19.3 Å². The molecule has 0 atom stereocenters. The summed E-state index contributed by atoms with van der Waals surface area (Å²) in [4.78, 5) is 14.8. The first-order valence-electron chi connectivity index (χ1n) is 10.8. The molecule has 1 aromatic rings. The van der Waals surface area contributed by atoms with Crippen molar-refractivity contribution in [3.05, 3.63) is 18.2 Å². The van der Waals surface area contributed by atoms with Gasteiger partial charge in [0.1, 0.15) is 5.75 Å². The molecule has 0 spiro atoms. The molecule has 2 N–H and O–H groups in total. The van der Waals surface area contributed by atoms with Gasteiger partial charge in [-0.15, -0.1) is 0 Å². The minimum atomic E-state index is -3.61. The maximum absolute atomic E-state index is 13.0. The topological polar surface area (TPSA) is 99.2 Å². The van der Waals surface area contributed by atoms with Gasteiger partial charge in [-0.25, -0.2) is 8.42 Å². The zero-order valence-electron chi connectivity index (χ0n) is 17.8. The number of nitrogens with one attached hydrogen (secondary N) is 1. The molecule has 1 amide bonds. The molecule has 8 nitrogen and oxygen atoms in total. The molecule has 0 radical (unpaired) electrons. The SMILES string of the molecule is CC(C)Oc1ccc(S(=O)(=O)N2CCCCC2)cc1NC(=O)CN1CCC(O)CC1. The number of aliphatic hydroxyl groups is 1. The van der Waals surface area contributed by atoms with Crippen LogP contribution in [0.25, 0.3) is 0 Å². The lowest BCUT2D eigenvalue weighted by molar-refractivity contribution is -0.117. The van der Waals surface area contributed by atoms with E-state index in [2.05, 4.69) is 5.32 Å². The van der Waals surface area contributed by atoms with Crippen LogP contribution in [0, 0.1) is 0 Å². The molecule has 0 aromatic heterocycles. The van der Waals surface area contributed by atoms with Crippen LogP contribution in [0.15, 0.2) is 23.1 Å². The minimum Gasteiger partial charge on any atom is -0.489 e. The summed E-state index contributed by atoms with van der Waals surface area (Å²) in [6.45, 7) is 6.31. The van der Waals surface area contributed by atoms with Crippen molar-refractivity contribution in [2.75, 3.05) is 38.0 Å². The molecule has 0 aliphatic carbocycles. The lowest BCUT2D eigenvalue weighted by Crippen LogP contribution is -2.40. The summed E-state index contributed by atoms with van der Waals surface area (Å²) in [7, 11) is -3.61.